The molecule has 49 heavy (non-hydrogen) atoms. The lowest BCUT2D eigenvalue weighted by molar-refractivity contribution is -0.164. The van der Waals surface area contributed by atoms with Gasteiger partial charge in [-0.25, -0.2) is 0 Å². The molecule has 3 fully saturated rings. The zero-order chi connectivity index (χ0) is 35.5. The number of aliphatic hydroxyl groups is 1. The minimum Gasteiger partial charge on any atom is -0.455 e. The number of allylic oxidation sites excluding steroid dienone is 1. The average Bonchev–Trinajstić information content (AvgIpc) is 3.70. The van der Waals surface area contributed by atoms with Crippen molar-refractivity contribution in [1.29, 1.82) is 0 Å². The Kier molecular flexibility index (Phi) is 11.7. The Labute approximate surface area is 300 Å². The molecule has 2 aromatic carbocycles. The number of likely N-dealkylation sites (tertiary alicyclic amines) is 1. The van der Waals surface area contributed by atoms with Gasteiger partial charge < -0.3 is 29.3 Å². The van der Waals surface area contributed by atoms with Crippen molar-refractivity contribution >= 4 is 56.9 Å². The lowest BCUT2D eigenvalue weighted by atomic mass is 9.70. The first-order chi connectivity index (χ1) is 23.5. The number of carbonyl (C=O) groups is 4. The summed E-state index contributed by atoms with van der Waals surface area (Å²) in [5.74, 6) is -3.65. The van der Waals surface area contributed by atoms with Gasteiger partial charge in [0, 0.05) is 38.0 Å². The van der Waals surface area contributed by atoms with E-state index < -0.39 is 59.5 Å². The predicted octanol–water partition coefficient (Wildman–Crippen LogP) is 5.09. The van der Waals surface area contributed by atoms with E-state index in [0.29, 0.717) is 29.1 Å². The molecular weight excluding hydrogens is 714 g/mol. The van der Waals surface area contributed by atoms with Gasteiger partial charge in [0.05, 0.1) is 34.7 Å². The number of hydrogen-bond donors (Lipinski definition) is 1. The highest BCUT2D eigenvalue weighted by Crippen LogP contribution is 2.60. The van der Waals surface area contributed by atoms with E-state index in [4.69, 9.17) is 21.1 Å². The van der Waals surface area contributed by atoms with Crippen molar-refractivity contribution in [2.24, 2.45) is 11.8 Å². The second-order valence-electron chi connectivity index (χ2n) is 12.8. The van der Waals surface area contributed by atoms with Crippen molar-refractivity contribution in [2.45, 2.75) is 67.3 Å². The van der Waals surface area contributed by atoms with Crippen molar-refractivity contribution in [3.05, 3.63) is 90.5 Å². The molecule has 1 spiro atoms. The molecule has 12 heteroatoms. The molecule has 3 amide bonds. The average molecular weight is 757 g/mol. The molecule has 0 aromatic heterocycles. The molecule has 3 heterocycles. The maximum atomic E-state index is 14.7. The number of ether oxygens (including phenoxy) is 2. The summed E-state index contributed by atoms with van der Waals surface area (Å²) in [5.41, 5.74) is -0.206. The zero-order valence-electron chi connectivity index (χ0n) is 27.8. The number of halogens is 2. The van der Waals surface area contributed by atoms with E-state index in [0.717, 1.165) is 0 Å². The maximum Gasteiger partial charge on any atom is 0.313 e. The molecule has 0 radical (unpaired) electrons. The zero-order valence-corrected chi connectivity index (χ0v) is 30.1. The summed E-state index contributed by atoms with van der Waals surface area (Å²) in [6.07, 6.45) is 2.96. The number of para-hydroxylation sites is 1. The summed E-state index contributed by atoms with van der Waals surface area (Å²) < 4.78 is 13.0. The number of nitrogens with zero attached hydrogens (tertiary/aromatic N) is 3. The Hall–Kier alpha value is -3.51. The first-order valence-electron chi connectivity index (χ1n) is 16.5. The van der Waals surface area contributed by atoms with Crippen LogP contribution in [0.3, 0.4) is 0 Å². The third-order valence-corrected chi connectivity index (χ3v) is 11.1. The van der Waals surface area contributed by atoms with Crippen LogP contribution in [0.4, 0.5) is 5.69 Å². The highest BCUT2D eigenvalue weighted by atomic mass is 79.9. The van der Waals surface area contributed by atoms with Gasteiger partial charge in [-0.1, -0.05) is 82.1 Å². The van der Waals surface area contributed by atoms with E-state index in [-0.39, 0.29) is 43.3 Å². The molecule has 262 valence electrons. The minimum absolute atomic E-state index is 0.0818. The van der Waals surface area contributed by atoms with Gasteiger partial charge >= 0.3 is 5.97 Å². The van der Waals surface area contributed by atoms with Gasteiger partial charge in [0.25, 0.3) is 5.91 Å². The predicted molar refractivity (Wildman–Crippen MR) is 190 cm³/mol. The molecule has 3 aliphatic rings. The fourth-order valence-corrected chi connectivity index (χ4v) is 8.72. The van der Waals surface area contributed by atoms with E-state index in [2.05, 4.69) is 29.1 Å². The number of hydrogen-bond acceptors (Lipinski definition) is 7. The van der Waals surface area contributed by atoms with Crippen LogP contribution in [0.5, 0.6) is 0 Å². The highest BCUT2D eigenvalue weighted by Gasteiger charge is 2.77. The minimum atomic E-state index is -1.35. The van der Waals surface area contributed by atoms with Crippen LogP contribution in [0.2, 0.25) is 5.02 Å². The number of carbonyl (C=O) groups excluding carboxylic acids is 4. The van der Waals surface area contributed by atoms with E-state index in [9.17, 15) is 24.3 Å². The molecule has 1 N–H and O–H groups in total. The van der Waals surface area contributed by atoms with Gasteiger partial charge in [-0.2, -0.15) is 0 Å². The summed E-state index contributed by atoms with van der Waals surface area (Å²) in [6, 6.07) is 14.4. The second-order valence-corrected chi connectivity index (χ2v) is 14.4. The van der Waals surface area contributed by atoms with Crippen LogP contribution in [0.25, 0.3) is 0 Å². The molecule has 3 aliphatic heterocycles. The summed E-state index contributed by atoms with van der Waals surface area (Å²) in [5, 5.41) is 10.1. The molecule has 5 rings (SSSR count). The van der Waals surface area contributed by atoms with Crippen LogP contribution in [-0.2, 0) is 28.7 Å². The highest BCUT2D eigenvalue weighted by molar-refractivity contribution is 9.09. The number of rotatable bonds is 15. The van der Waals surface area contributed by atoms with E-state index in [1.807, 2.05) is 37.3 Å². The van der Waals surface area contributed by atoms with Gasteiger partial charge in [0.1, 0.15) is 17.7 Å². The van der Waals surface area contributed by atoms with Crippen LogP contribution < -0.4 is 4.90 Å². The standard InChI is InChI=1S/C37H43BrClN3O7/c1-5-7-18-28(44)40(4)23(3)31(24-14-9-8-10-15-24)48-36(47)29-30-34(45)42(20-13-21-43)33(37(30)22-25(38)32(29)49-37)35(46)41(19-6-2)27-17-12-11-16-26(27)39/h5-6,8-12,14-17,23,25,29-33,43H,1-2,7,13,18-22H2,3-4H3/t23-,25?,29+,30-,31+,32+,33+,37-/m0/s1. The first-order valence-corrected chi connectivity index (χ1v) is 17.8. The lowest BCUT2D eigenvalue weighted by Gasteiger charge is -2.37. The van der Waals surface area contributed by atoms with Crippen molar-refractivity contribution < 1.29 is 33.8 Å². The number of anilines is 1. The summed E-state index contributed by atoms with van der Waals surface area (Å²) in [6.45, 7) is 9.35. The van der Waals surface area contributed by atoms with Crippen LogP contribution in [-0.4, -0.2) is 94.0 Å². The lowest BCUT2D eigenvalue weighted by Crippen LogP contribution is -2.57. The van der Waals surface area contributed by atoms with Gasteiger partial charge in [0.15, 0.2) is 0 Å². The number of aliphatic hydroxyl groups excluding tert-OH is 1. The quantitative estimate of drug-likeness (QED) is 0.153. The van der Waals surface area contributed by atoms with Crippen LogP contribution in [0.15, 0.2) is 79.9 Å². The number of alkyl halides is 1. The molecule has 8 atom stereocenters. The molecular formula is C37H43BrClN3O7. The first kappa shape index (κ1) is 36.8. The van der Waals surface area contributed by atoms with Crippen LogP contribution in [0.1, 0.15) is 44.3 Å². The van der Waals surface area contributed by atoms with Crippen molar-refractivity contribution in [2.75, 3.05) is 31.6 Å². The molecule has 1 unspecified atom stereocenters. The van der Waals surface area contributed by atoms with E-state index >= 15 is 0 Å². The van der Waals surface area contributed by atoms with Crippen LogP contribution in [0, 0.1) is 11.8 Å². The Morgan fingerprint density at radius 1 is 1.16 bits per heavy atom. The molecule has 0 aliphatic carbocycles. The smallest absolute Gasteiger partial charge is 0.313 e. The molecule has 2 aromatic rings. The summed E-state index contributed by atoms with van der Waals surface area (Å²) in [4.78, 5) is 60.7. The van der Waals surface area contributed by atoms with Gasteiger partial charge in [-0.3, -0.25) is 19.2 Å². The third kappa shape index (κ3) is 6.82. The van der Waals surface area contributed by atoms with Gasteiger partial charge in [-0.05, 0) is 43.9 Å². The van der Waals surface area contributed by atoms with E-state index in [1.54, 1.807) is 48.4 Å². The maximum absolute atomic E-state index is 14.7. The number of benzene rings is 2. The Bertz CT molecular complexity index is 1580. The van der Waals surface area contributed by atoms with Crippen molar-refractivity contribution in [1.82, 2.24) is 9.80 Å². The van der Waals surface area contributed by atoms with Crippen molar-refractivity contribution in [3.63, 3.8) is 0 Å². The van der Waals surface area contributed by atoms with Gasteiger partial charge in [0.2, 0.25) is 11.8 Å². The molecule has 10 nitrogen and oxygen atoms in total. The molecule has 2 bridgehead atoms. The monoisotopic (exact) mass is 755 g/mol. The summed E-state index contributed by atoms with van der Waals surface area (Å²) in [7, 11) is 1.67. The Morgan fingerprint density at radius 3 is 2.51 bits per heavy atom. The normalized spacial score (nSPS) is 26.5. The van der Waals surface area contributed by atoms with E-state index in [1.165, 1.54) is 9.80 Å². The largest absolute Gasteiger partial charge is 0.455 e. The molecule has 3 saturated heterocycles. The number of likely N-dealkylation sites (N-methyl/N-ethyl adjacent to an activating group) is 1. The third-order valence-electron chi connectivity index (χ3n) is 9.95. The Balaban J connectivity index is 1.51. The van der Waals surface area contributed by atoms with Crippen LogP contribution >= 0.6 is 27.5 Å². The molecule has 0 saturated carbocycles. The van der Waals surface area contributed by atoms with Gasteiger partial charge in [-0.15, -0.1) is 13.2 Å². The fourth-order valence-electron chi connectivity index (χ4n) is 7.54. The van der Waals surface area contributed by atoms with Crippen molar-refractivity contribution in [3.8, 4) is 0 Å². The number of esters is 1. The number of fused-ring (bicyclic) bond motifs is 1. The fraction of sp³-hybridized carbons (Fsp3) is 0.459. The topological polar surface area (TPSA) is 117 Å². The Morgan fingerprint density at radius 2 is 1.86 bits per heavy atom. The second kappa shape index (κ2) is 15.6. The summed E-state index contributed by atoms with van der Waals surface area (Å²) >= 11 is 10.3. The number of amides is 3. The SMILES string of the molecule is C=CCCC(=O)N(C)[C@@H](C)[C@@H](OC(=O)[C@H]1[C@@H]2O[C@@]3(CC2Br)[C@@H]1C(=O)N(CCCO)[C@@H]3C(=O)N(CC=C)c1ccccc1Cl)c1ccccc1.